The SMILES string of the molecule is CCCc1ccc(-c2ccc(C(=O)OC)cc2)c(F)c1. The summed E-state index contributed by atoms with van der Waals surface area (Å²) in [6, 6.07) is 12.0. The highest BCUT2D eigenvalue weighted by molar-refractivity contribution is 5.89. The predicted octanol–water partition coefficient (Wildman–Crippen LogP) is 4.23. The van der Waals surface area contributed by atoms with Crippen LogP contribution in [0.1, 0.15) is 29.3 Å². The third-order valence-electron chi connectivity index (χ3n) is 3.19. The summed E-state index contributed by atoms with van der Waals surface area (Å²) in [6.45, 7) is 2.07. The molecule has 0 aliphatic heterocycles. The Kier molecular flexibility index (Phi) is 4.51. The molecule has 0 atom stereocenters. The van der Waals surface area contributed by atoms with Crippen molar-refractivity contribution in [2.75, 3.05) is 7.11 Å². The molecule has 20 heavy (non-hydrogen) atoms. The molecule has 0 aromatic heterocycles. The Morgan fingerprint density at radius 3 is 2.40 bits per heavy atom. The molecule has 0 saturated carbocycles. The van der Waals surface area contributed by atoms with Crippen LogP contribution in [-0.4, -0.2) is 13.1 Å². The smallest absolute Gasteiger partial charge is 0.337 e. The number of carbonyl (C=O) groups is 1. The third kappa shape index (κ3) is 3.05. The number of aryl methyl sites for hydroxylation is 1. The van der Waals surface area contributed by atoms with Gasteiger partial charge in [-0.2, -0.15) is 0 Å². The quantitative estimate of drug-likeness (QED) is 0.778. The first-order valence-corrected chi connectivity index (χ1v) is 6.63. The van der Waals surface area contributed by atoms with Gasteiger partial charge < -0.3 is 4.74 Å². The Morgan fingerprint density at radius 2 is 1.85 bits per heavy atom. The molecule has 0 unspecified atom stereocenters. The molecule has 0 aliphatic carbocycles. The van der Waals surface area contributed by atoms with Gasteiger partial charge >= 0.3 is 5.97 Å². The van der Waals surface area contributed by atoms with E-state index in [2.05, 4.69) is 11.7 Å². The number of benzene rings is 2. The lowest BCUT2D eigenvalue weighted by atomic mass is 10.0. The van der Waals surface area contributed by atoms with Gasteiger partial charge in [-0.3, -0.25) is 0 Å². The van der Waals surface area contributed by atoms with Gasteiger partial charge in [-0.1, -0.05) is 37.6 Å². The fourth-order valence-corrected chi connectivity index (χ4v) is 2.14. The first kappa shape index (κ1) is 14.3. The summed E-state index contributed by atoms with van der Waals surface area (Å²) in [5.74, 6) is -0.628. The van der Waals surface area contributed by atoms with E-state index in [0.29, 0.717) is 11.1 Å². The number of carbonyl (C=O) groups excluding carboxylic acids is 1. The van der Waals surface area contributed by atoms with Crippen molar-refractivity contribution in [1.82, 2.24) is 0 Å². The maximum atomic E-state index is 14.1. The Bertz CT molecular complexity index is 603. The summed E-state index contributed by atoms with van der Waals surface area (Å²) in [5.41, 5.74) is 2.75. The monoisotopic (exact) mass is 272 g/mol. The largest absolute Gasteiger partial charge is 0.465 e. The van der Waals surface area contributed by atoms with Gasteiger partial charge in [0.15, 0.2) is 0 Å². The van der Waals surface area contributed by atoms with Gasteiger partial charge in [0.1, 0.15) is 5.82 Å². The van der Waals surface area contributed by atoms with Crippen LogP contribution in [0.15, 0.2) is 42.5 Å². The molecule has 2 nitrogen and oxygen atoms in total. The van der Waals surface area contributed by atoms with Gasteiger partial charge in [-0.15, -0.1) is 0 Å². The standard InChI is InChI=1S/C17H17FO2/c1-3-4-12-5-10-15(16(18)11-12)13-6-8-14(9-7-13)17(19)20-2/h5-11H,3-4H2,1-2H3. The first-order valence-electron chi connectivity index (χ1n) is 6.63. The van der Waals surface area contributed by atoms with Gasteiger partial charge in [0.2, 0.25) is 0 Å². The topological polar surface area (TPSA) is 26.3 Å². The van der Waals surface area contributed by atoms with Crippen LogP contribution >= 0.6 is 0 Å². The number of ether oxygens (including phenoxy) is 1. The van der Waals surface area contributed by atoms with E-state index < -0.39 is 5.97 Å². The fourth-order valence-electron chi connectivity index (χ4n) is 2.14. The van der Waals surface area contributed by atoms with E-state index in [1.165, 1.54) is 7.11 Å². The van der Waals surface area contributed by atoms with Crippen molar-refractivity contribution < 1.29 is 13.9 Å². The second-order valence-electron chi connectivity index (χ2n) is 4.63. The van der Waals surface area contributed by atoms with Gasteiger partial charge in [-0.25, -0.2) is 9.18 Å². The molecule has 0 bridgehead atoms. The molecule has 3 heteroatoms. The Morgan fingerprint density at radius 1 is 1.15 bits per heavy atom. The second kappa shape index (κ2) is 6.33. The van der Waals surface area contributed by atoms with Gasteiger partial charge in [-0.05, 0) is 35.7 Å². The number of hydrogen-bond acceptors (Lipinski definition) is 2. The van der Waals surface area contributed by atoms with Crippen LogP contribution in [0.3, 0.4) is 0 Å². The van der Waals surface area contributed by atoms with E-state index in [9.17, 15) is 9.18 Å². The average Bonchev–Trinajstić information content (AvgIpc) is 2.47. The summed E-state index contributed by atoms with van der Waals surface area (Å²) in [7, 11) is 1.34. The maximum absolute atomic E-state index is 14.1. The zero-order valence-corrected chi connectivity index (χ0v) is 11.7. The molecule has 0 saturated heterocycles. The number of rotatable bonds is 4. The highest BCUT2D eigenvalue weighted by atomic mass is 19.1. The van der Waals surface area contributed by atoms with Crippen molar-refractivity contribution in [3.05, 3.63) is 59.4 Å². The maximum Gasteiger partial charge on any atom is 0.337 e. The van der Waals surface area contributed by atoms with Gasteiger partial charge in [0.05, 0.1) is 12.7 Å². The number of hydrogen-bond donors (Lipinski definition) is 0. The minimum atomic E-state index is -0.393. The Labute approximate surface area is 118 Å². The van der Waals surface area contributed by atoms with Crippen LogP contribution in [0.4, 0.5) is 4.39 Å². The molecule has 0 radical (unpaired) electrons. The third-order valence-corrected chi connectivity index (χ3v) is 3.19. The number of methoxy groups -OCH3 is 1. The molecule has 0 amide bonds. The predicted molar refractivity (Wildman–Crippen MR) is 77.2 cm³/mol. The van der Waals surface area contributed by atoms with Crippen LogP contribution in [0.5, 0.6) is 0 Å². The zero-order valence-electron chi connectivity index (χ0n) is 11.7. The highest BCUT2D eigenvalue weighted by Gasteiger charge is 2.08. The summed E-state index contributed by atoms with van der Waals surface area (Å²) >= 11 is 0. The minimum Gasteiger partial charge on any atom is -0.465 e. The van der Waals surface area contributed by atoms with E-state index >= 15 is 0 Å². The summed E-state index contributed by atoms with van der Waals surface area (Å²) < 4.78 is 18.7. The Hall–Kier alpha value is -2.16. The molecule has 2 aromatic rings. The van der Waals surface area contributed by atoms with E-state index in [0.717, 1.165) is 24.0 Å². The molecular weight excluding hydrogens is 255 g/mol. The van der Waals surface area contributed by atoms with Crippen LogP contribution in [0, 0.1) is 5.82 Å². The first-order chi connectivity index (χ1) is 9.65. The van der Waals surface area contributed by atoms with Gasteiger partial charge in [0, 0.05) is 5.56 Å². The normalized spacial score (nSPS) is 10.3. The summed E-state index contributed by atoms with van der Waals surface area (Å²) in [6.07, 6.45) is 1.87. The van der Waals surface area contributed by atoms with Crippen molar-refractivity contribution >= 4 is 5.97 Å². The molecule has 0 heterocycles. The Balaban J connectivity index is 2.29. The molecule has 104 valence electrons. The fraction of sp³-hybridized carbons (Fsp3) is 0.235. The van der Waals surface area contributed by atoms with E-state index in [4.69, 9.17) is 0 Å². The second-order valence-corrected chi connectivity index (χ2v) is 4.63. The van der Waals surface area contributed by atoms with Crippen molar-refractivity contribution in [1.29, 1.82) is 0 Å². The van der Waals surface area contributed by atoms with E-state index in [1.54, 1.807) is 36.4 Å². The van der Waals surface area contributed by atoms with Crippen molar-refractivity contribution in [3.63, 3.8) is 0 Å². The van der Waals surface area contributed by atoms with E-state index in [1.807, 2.05) is 6.07 Å². The van der Waals surface area contributed by atoms with Crippen LogP contribution in [0.25, 0.3) is 11.1 Å². The lowest BCUT2D eigenvalue weighted by Gasteiger charge is -2.07. The van der Waals surface area contributed by atoms with Crippen molar-refractivity contribution in [2.24, 2.45) is 0 Å². The van der Waals surface area contributed by atoms with Crippen LogP contribution in [-0.2, 0) is 11.2 Å². The zero-order chi connectivity index (χ0) is 14.5. The molecule has 0 N–H and O–H groups in total. The molecule has 2 rings (SSSR count). The highest BCUT2D eigenvalue weighted by Crippen LogP contribution is 2.24. The van der Waals surface area contributed by atoms with Crippen molar-refractivity contribution in [3.8, 4) is 11.1 Å². The lowest BCUT2D eigenvalue weighted by Crippen LogP contribution is -2.00. The van der Waals surface area contributed by atoms with Crippen molar-refractivity contribution in [2.45, 2.75) is 19.8 Å². The van der Waals surface area contributed by atoms with Gasteiger partial charge in [0.25, 0.3) is 0 Å². The lowest BCUT2D eigenvalue weighted by molar-refractivity contribution is 0.0601. The average molecular weight is 272 g/mol. The molecule has 0 spiro atoms. The molecule has 2 aromatic carbocycles. The number of halogens is 1. The minimum absolute atomic E-state index is 0.234. The van der Waals surface area contributed by atoms with Crippen LogP contribution in [0.2, 0.25) is 0 Å². The molecule has 0 fully saturated rings. The molecule has 0 aliphatic rings. The number of esters is 1. The summed E-state index contributed by atoms with van der Waals surface area (Å²) in [4.78, 5) is 11.3. The van der Waals surface area contributed by atoms with Crippen LogP contribution < -0.4 is 0 Å². The summed E-state index contributed by atoms with van der Waals surface area (Å²) in [5, 5.41) is 0. The molecular formula is C17H17FO2. The van der Waals surface area contributed by atoms with E-state index in [-0.39, 0.29) is 5.82 Å².